The summed E-state index contributed by atoms with van der Waals surface area (Å²) in [5.74, 6) is 0.767. The molecule has 0 fully saturated rings. The molecular formula is C14H22N2O. The van der Waals surface area contributed by atoms with Crippen molar-refractivity contribution >= 4 is 5.90 Å². The van der Waals surface area contributed by atoms with Gasteiger partial charge in [-0.15, -0.1) is 0 Å². The van der Waals surface area contributed by atoms with Gasteiger partial charge in [-0.25, -0.2) is 4.99 Å². The molecule has 1 N–H and O–H groups in total. The van der Waals surface area contributed by atoms with E-state index in [-0.39, 0.29) is 6.23 Å². The van der Waals surface area contributed by atoms with E-state index < -0.39 is 0 Å². The Kier molecular flexibility index (Phi) is 4.37. The van der Waals surface area contributed by atoms with Gasteiger partial charge in [0.1, 0.15) is 0 Å². The number of fused-ring (bicyclic) bond motifs is 1. The lowest BCUT2D eigenvalue weighted by Crippen LogP contribution is -2.38. The zero-order chi connectivity index (χ0) is 12.1. The first-order chi connectivity index (χ1) is 8.31. The van der Waals surface area contributed by atoms with E-state index in [0.29, 0.717) is 0 Å². The van der Waals surface area contributed by atoms with Crippen LogP contribution in [0.15, 0.2) is 28.4 Å². The van der Waals surface area contributed by atoms with Crippen molar-refractivity contribution in [3.8, 4) is 0 Å². The predicted molar refractivity (Wildman–Crippen MR) is 70.9 cm³/mol. The van der Waals surface area contributed by atoms with Gasteiger partial charge >= 0.3 is 0 Å². The zero-order valence-electron chi connectivity index (χ0n) is 10.8. The van der Waals surface area contributed by atoms with Gasteiger partial charge in [0.15, 0.2) is 12.1 Å². The number of hydrogen-bond acceptors (Lipinski definition) is 3. The van der Waals surface area contributed by atoms with E-state index >= 15 is 0 Å². The molecule has 0 aromatic carbocycles. The Balaban J connectivity index is 1.95. The maximum absolute atomic E-state index is 5.77. The van der Waals surface area contributed by atoms with Gasteiger partial charge in [0.2, 0.25) is 0 Å². The van der Waals surface area contributed by atoms with Crippen molar-refractivity contribution < 1.29 is 4.74 Å². The Bertz CT molecular complexity index is 355. The van der Waals surface area contributed by atoms with Crippen LogP contribution >= 0.6 is 0 Å². The van der Waals surface area contributed by atoms with E-state index in [4.69, 9.17) is 4.74 Å². The van der Waals surface area contributed by atoms with Gasteiger partial charge in [0.25, 0.3) is 0 Å². The number of rotatable bonds is 5. The summed E-state index contributed by atoms with van der Waals surface area (Å²) >= 11 is 0. The average Bonchev–Trinajstić information content (AvgIpc) is 2.34. The van der Waals surface area contributed by atoms with Crippen molar-refractivity contribution in [1.82, 2.24) is 5.32 Å². The van der Waals surface area contributed by atoms with E-state index in [1.165, 1.54) is 24.8 Å². The second-order valence-electron chi connectivity index (χ2n) is 4.62. The van der Waals surface area contributed by atoms with Crippen LogP contribution in [0.5, 0.6) is 0 Å². The molecule has 2 rings (SSSR count). The molecule has 17 heavy (non-hydrogen) atoms. The number of unbranched alkanes of at least 4 members (excludes halogenated alkanes) is 2. The summed E-state index contributed by atoms with van der Waals surface area (Å²) in [6.07, 6.45) is 10.4. The van der Waals surface area contributed by atoms with Crippen LogP contribution in [-0.2, 0) is 4.74 Å². The standard InChI is InChI=1S/C14H22N2O/c1-3-4-7-10-15-14-12-8-5-6-9-13(12)16-11(2)17-14/h8-9,14-15H,3-7,10H2,1-2H3. The molecule has 1 unspecified atom stereocenters. The first-order valence-corrected chi connectivity index (χ1v) is 6.67. The van der Waals surface area contributed by atoms with Crippen LogP contribution in [0.3, 0.4) is 0 Å². The van der Waals surface area contributed by atoms with E-state index in [1.807, 2.05) is 6.92 Å². The molecular weight excluding hydrogens is 212 g/mol. The smallest absolute Gasteiger partial charge is 0.187 e. The largest absolute Gasteiger partial charge is 0.458 e. The first-order valence-electron chi connectivity index (χ1n) is 6.67. The molecule has 0 radical (unpaired) electrons. The molecule has 0 spiro atoms. The van der Waals surface area contributed by atoms with Crippen LogP contribution in [-0.4, -0.2) is 18.7 Å². The molecule has 1 aliphatic carbocycles. The minimum absolute atomic E-state index is 0.0101. The van der Waals surface area contributed by atoms with Gasteiger partial charge in [-0.3, -0.25) is 5.32 Å². The van der Waals surface area contributed by atoms with Gasteiger partial charge in [0.05, 0.1) is 5.70 Å². The van der Waals surface area contributed by atoms with E-state index in [2.05, 4.69) is 29.4 Å². The predicted octanol–water partition coefficient (Wildman–Crippen LogP) is 3.15. The summed E-state index contributed by atoms with van der Waals surface area (Å²) < 4.78 is 5.77. The summed E-state index contributed by atoms with van der Waals surface area (Å²) in [6.45, 7) is 5.15. The highest BCUT2D eigenvalue weighted by Crippen LogP contribution is 2.27. The van der Waals surface area contributed by atoms with Gasteiger partial charge in [-0.05, 0) is 25.8 Å². The normalized spacial score (nSPS) is 23.2. The molecule has 0 aromatic rings. The Morgan fingerprint density at radius 2 is 2.18 bits per heavy atom. The number of ether oxygens (including phenoxy) is 1. The van der Waals surface area contributed by atoms with Crippen molar-refractivity contribution in [1.29, 1.82) is 0 Å². The molecule has 0 saturated carbocycles. The fourth-order valence-corrected chi connectivity index (χ4v) is 2.22. The summed E-state index contributed by atoms with van der Waals surface area (Å²) in [5, 5.41) is 3.47. The Hall–Kier alpha value is -1.09. The minimum Gasteiger partial charge on any atom is -0.458 e. The van der Waals surface area contributed by atoms with Crippen molar-refractivity contribution in [2.45, 2.75) is 52.2 Å². The molecule has 94 valence electrons. The highest BCUT2D eigenvalue weighted by atomic mass is 16.5. The van der Waals surface area contributed by atoms with E-state index in [0.717, 1.165) is 31.0 Å². The quantitative estimate of drug-likeness (QED) is 0.741. The van der Waals surface area contributed by atoms with Gasteiger partial charge in [0, 0.05) is 12.5 Å². The third kappa shape index (κ3) is 3.19. The molecule has 3 nitrogen and oxygen atoms in total. The monoisotopic (exact) mass is 234 g/mol. The first kappa shape index (κ1) is 12.4. The Labute approximate surface area is 104 Å². The second-order valence-corrected chi connectivity index (χ2v) is 4.62. The highest BCUT2D eigenvalue weighted by Gasteiger charge is 2.25. The number of aliphatic imine (C=N–C) groups is 1. The lowest BCUT2D eigenvalue weighted by molar-refractivity contribution is 0.177. The number of nitrogens with zero attached hydrogens (tertiary/aromatic N) is 1. The van der Waals surface area contributed by atoms with Gasteiger partial charge in [-0.1, -0.05) is 31.9 Å². The maximum atomic E-state index is 5.77. The summed E-state index contributed by atoms with van der Waals surface area (Å²) in [4.78, 5) is 4.45. The second kappa shape index (κ2) is 6.01. The molecule has 1 atom stereocenters. The minimum atomic E-state index is 0.0101. The fourth-order valence-electron chi connectivity index (χ4n) is 2.22. The lowest BCUT2D eigenvalue weighted by atomic mass is 10.0. The zero-order valence-corrected chi connectivity index (χ0v) is 10.8. The molecule has 3 heteroatoms. The van der Waals surface area contributed by atoms with Crippen molar-refractivity contribution in [3.63, 3.8) is 0 Å². The fraction of sp³-hybridized carbons (Fsp3) is 0.643. The summed E-state index contributed by atoms with van der Waals surface area (Å²) in [5.41, 5.74) is 2.33. The molecule has 2 aliphatic rings. The molecule has 0 aromatic heterocycles. The van der Waals surface area contributed by atoms with E-state index in [9.17, 15) is 0 Å². The third-order valence-corrected chi connectivity index (χ3v) is 3.12. The molecule has 0 saturated heterocycles. The third-order valence-electron chi connectivity index (χ3n) is 3.12. The van der Waals surface area contributed by atoms with Crippen LogP contribution in [0, 0.1) is 0 Å². The lowest BCUT2D eigenvalue weighted by Gasteiger charge is -2.29. The van der Waals surface area contributed by atoms with Crippen LogP contribution in [0.1, 0.15) is 46.0 Å². The van der Waals surface area contributed by atoms with Gasteiger partial charge < -0.3 is 4.74 Å². The van der Waals surface area contributed by atoms with Crippen molar-refractivity contribution in [3.05, 3.63) is 23.4 Å². The van der Waals surface area contributed by atoms with Crippen LogP contribution < -0.4 is 5.32 Å². The summed E-state index contributed by atoms with van der Waals surface area (Å²) in [6, 6.07) is 0. The van der Waals surface area contributed by atoms with Crippen LogP contribution in [0.25, 0.3) is 0 Å². The van der Waals surface area contributed by atoms with Crippen LogP contribution in [0.4, 0.5) is 0 Å². The molecule has 0 amide bonds. The number of allylic oxidation sites excluding steroid dienone is 2. The van der Waals surface area contributed by atoms with Crippen molar-refractivity contribution in [2.75, 3.05) is 6.54 Å². The Morgan fingerprint density at radius 1 is 1.35 bits per heavy atom. The molecule has 1 aliphatic heterocycles. The maximum Gasteiger partial charge on any atom is 0.187 e. The van der Waals surface area contributed by atoms with Crippen LogP contribution in [0.2, 0.25) is 0 Å². The number of nitrogens with one attached hydrogen (secondary N) is 1. The van der Waals surface area contributed by atoms with E-state index in [1.54, 1.807) is 0 Å². The molecule has 0 bridgehead atoms. The summed E-state index contributed by atoms with van der Waals surface area (Å²) in [7, 11) is 0. The van der Waals surface area contributed by atoms with Crippen molar-refractivity contribution in [2.24, 2.45) is 4.99 Å². The van der Waals surface area contributed by atoms with Gasteiger partial charge in [-0.2, -0.15) is 0 Å². The molecule has 1 heterocycles. The Morgan fingerprint density at radius 3 is 3.00 bits per heavy atom. The highest BCUT2D eigenvalue weighted by molar-refractivity contribution is 5.77. The average molecular weight is 234 g/mol. The number of hydrogen-bond donors (Lipinski definition) is 1. The topological polar surface area (TPSA) is 33.6 Å². The SMILES string of the molecule is CCCCCNC1OC(C)=NC2=CCCC=C21.